The Balaban J connectivity index is 0.000001000. The summed E-state index contributed by atoms with van der Waals surface area (Å²) >= 11 is 5.68. The Morgan fingerprint density at radius 1 is 1.45 bits per heavy atom. The average Bonchev–Trinajstić information content (AvgIpc) is 1.88. The number of halogens is 2. The molecule has 0 fully saturated rings. The zero-order chi connectivity index (χ0) is 7.56. The normalized spacial score (nSPS) is 11.9. The van der Waals surface area contributed by atoms with E-state index in [1.165, 1.54) is 0 Å². The first kappa shape index (κ1) is 10.8. The van der Waals surface area contributed by atoms with Gasteiger partial charge in [0, 0.05) is 5.02 Å². The highest BCUT2D eigenvalue weighted by atomic mass is 35.5. The van der Waals surface area contributed by atoms with Crippen LogP contribution in [0.15, 0.2) is 24.3 Å². The van der Waals surface area contributed by atoms with Crippen molar-refractivity contribution in [2.45, 2.75) is 13.0 Å². The highest BCUT2D eigenvalue weighted by Crippen LogP contribution is 2.16. The van der Waals surface area contributed by atoms with E-state index in [2.05, 4.69) is 0 Å². The van der Waals surface area contributed by atoms with Crippen molar-refractivity contribution in [3.63, 3.8) is 0 Å². The maximum atomic E-state index is 9.09. The van der Waals surface area contributed by atoms with Gasteiger partial charge in [0.2, 0.25) is 0 Å². The molecule has 0 radical (unpaired) electrons. The molecule has 1 rings (SSSR count). The molecule has 1 atom stereocenters. The Morgan fingerprint density at radius 2 is 2.09 bits per heavy atom. The molecule has 0 saturated carbocycles. The molecule has 62 valence electrons. The van der Waals surface area contributed by atoms with E-state index in [-0.39, 0.29) is 12.4 Å². The molecule has 0 aromatic heterocycles. The minimum atomic E-state index is -0.432. The van der Waals surface area contributed by atoms with Gasteiger partial charge in [0.1, 0.15) is 0 Å². The van der Waals surface area contributed by atoms with Crippen LogP contribution in [-0.2, 0) is 0 Å². The van der Waals surface area contributed by atoms with Gasteiger partial charge < -0.3 is 5.11 Å². The molecule has 0 heterocycles. The second-order valence-corrected chi connectivity index (χ2v) is 2.67. The quantitative estimate of drug-likeness (QED) is 0.726. The van der Waals surface area contributed by atoms with Crippen LogP contribution in [0.25, 0.3) is 0 Å². The van der Waals surface area contributed by atoms with Gasteiger partial charge in [-0.2, -0.15) is 0 Å². The summed E-state index contributed by atoms with van der Waals surface area (Å²) in [7, 11) is 0. The summed E-state index contributed by atoms with van der Waals surface area (Å²) in [5.41, 5.74) is 0.854. The van der Waals surface area contributed by atoms with Gasteiger partial charge in [-0.1, -0.05) is 23.7 Å². The van der Waals surface area contributed by atoms with E-state index in [0.29, 0.717) is 5.02 Å². The van der Waals surface area contributed by atoms with Crippen molar-refractivity contribution in [3.8, 4) is 0 Å². The smallest absolute Gasteiger partial charge is 0.0762 e. The highest BCUT2D eigenvalue weighted by molar-refractivity contribution is 6.30. The van der Waals surface area contributed by atoms with Gasteiger partial charge in [-0.05, 0) is 24.6 Å². The molecule has 0 aliphatic heterocycles. The van der Waals surface area contributed by atoms with Crippen LogP contribution < -0.4 is 0 Å². The van der Waals surface area contributed by atoms with E-state index >= 15 is 0 Å². The Morgan fingerprint density at radius 3 is 2.45 bits per heavy atom. The molecule has 0 bridgehead atoms. The molecular formula is C8H10Cl2O. The maximum absolute atomic E-state index is 9.09. The van der Waals surface area contributed by atoms with Crippen LogP contribution in [0.3, 0.4) is 0 Å². The lowest BCUT2D eigenvalue weighted by Gasteiger charge is -2.02. The van der Waals surface area contributed by atoms with Crippen LogP contribution in [0.2, 0.25) is 5.02 Å². The molecule has 11 heavy (non-hydrogen) atoms. The third-order valence-electron chi connectivity index (χ3n) is 1.33. The van der Waals surface area contributed by atoms with Gasteiger partial charge >= 0.3 is 0 Å². The van der Waals surface area contributed by atoms with E-state index < -0.39 is 6.10 Å². The van der Waals surface area contributed by atoms with Gasteiger partial charge in [0.25, 0.3) is 0 Å². The number of benzene rings is 1. The van der Waals surface area contributed by atoms with E-state index in [1.54, 1.807) is 19.1 Å². The summed E-state index contributed by atoms with van der Waals surface area (Å²) in [6, 6.07) is 7.21. The highest BCUT2D eigenvalue weighted by Gasteiger charge is 1.98. The summed E-state index contributed by atoms with van der Waals surface area (Å²) in [5, 5.41) is 9.75. The Kier molecular flexibility index (Phi) is 4.50. The first-order valence-electron chi connectivity index (χ1n) is 3.13. The van der Waals surface area contributed by atoms with E-state index in [1.807, 2.05) is 12.1 Å². The first-order chi connectivity index (χ1) is 4.70. The molecule has 1 aromatic rings. The van der Waals surface area contributed by atoms with Gasteiger partial charge in [0.15, 0.2) is 0 Å². The fraction of sp³-hybridized carbons (Fsp3) is 0.250. The fourth-order valence-electron chi connectivity index (χ4n) is 0.766. The SMILES string of the molecule is CC(O)c1cccc(Cl)c1.Cl. The zero-order valence-corrected chi connectivity index (χ0v) is 7.69. The van der Waals surface area contributed by atoms with E-state index in [4.69, 9.17) is 16.7 Å². The number of aliphatic hydroxyl groups is 1. The minimum Gasteiger partial charge on any atom is -0.389 e. The monoisotopic (exact) mass is 192 g/mol. The number of hydrogen-bond acceptors (Lipinski definition) is 1. The third kappa shape index (κ3) is 3.10. The molecule has 1 nitrogen and oxygen atoms in total. The molecule has 0 aliphatic rings. The van der Waals surface area contributed by atoms with Crippen molar-refractivity contribution < 1.29 is 5.11 Å². The van der Waals surface area contributed by atoms with Crippen LogP contribution in [0, 0.1) is 0 Å². The largest absolute Gasteiger partial charge is 0.389 e. The van der Waals surface area contributed by atoms with Crippen LogP contribution in [-0.4, -0.2) is 5.11 Å². The predicted molar refractivity (Wildman–Crippen MR) is 49.3 cm³/mol. The second kappa shape index (κ2) is 4.60. The van der Waals surface area contributed by atoms with Crippen molar-refractivity contribution in [1.29, 1.82) is 0 Å². The Labute approximate surface area is 77.4 Å². The van der Waals surface area contributed by atoms with Crippen LogP contribution >= 0.6 is 24.0 Å². The molecular weight excluding hydrogens is 183 g/mol. The van der Waals surface area contributed by atoms with Gasteiger partial charge in [0.05, 0.1) is 6.10 Å². The minimum absolute atomic E-state index is 0. The zero-order valence-electron chi connectivity index (χ0n) is 6.12. The van der Waals surface area contributed by atoms with Crippen molar-refractivity contribution in [2.24, 2.45) is 0 Å². The molecule has 3 heteroatoms. The summed E-state index contributed by atoms with van der Waals surface area (Å²) < 4.78 is 0. The molecule has 1 unspecified atom stereocenters. The van der Waals surface area contributed by atoms with Crippen molar-refractivity contribution in [3.05, 3.63) is 34.9 Å². The summed E-state index contributed by atoms with van der Waals surface area (Å²) in [6.07, 6.45) is -0.432. The maximum Gasteiger partial charge on any atom is 0.0762 e. The lowest BCUT2D eigenvalue weighted by Crippen LogP contribution is -1.88. The molecule has 0 saturated heterocycles. The van der Waals surface area contributed by atoms with Crippen molar-refractivity contribution >= 4 is 24.0 Å². The molecule has 1 N–H and O–H groups in total. The third-order valence-corrected chi connectivity index (χ3v) is 1.57. The molecule has 0 aliphatic carbocycles. The van der Waals surface area contributed by atoms with Gasteiger partial charge in [-0.25, -0.2) is 0 Å². The average molecular weight is 193 g/mol. The molecule has 0 spiro atoms. The van der Waals surface area contributed by atoms with E-state index in [0.717, 1.165) is 5.56 Å². The first-order valence-corrected chi connectivity index (χ1v) is 3.51. The Hall–Kier alpha value is -0.240. The number of rotatable bonds is 1. The molecule has 1 aromatic carbocycles. The lowest BCUT2D eigenvalue weighted by atomic mass is 10.1. The number of hydrogen-bond donors (Lipinski definition) is 1. The van der Waals surface area contributed by atoms with Crippen LogP contribution in [0.5, 0.6) is 0 Å². The van der Waals surface area contributed by atoms with Crippen molar-refractivity contribution in [2.75, 3.05) is 0 Å². The lowest BCUT2D eigenvalue weighted by molar-refractivity contribution is 0.199. The summed E-state index contributed by atoms with van der Waals surface area (Å²) in [5.74, 6) is 0. The summed E-state index contributed by atoms with van der Waals surface area (Å²) in [4.78, 5) is 0. The Bertz CT molecular complexity index is 223. The topological polar surface area (TPSA) is 20.2 Å². The summed E-state index contributed by atoms with van der Waals surface area (Å²) in [6.45, 7) is 1.71. The molecule has 0 amide bonds. The van der Waals surface area contributed by atoms with Crippen molar-refractivity contribution in [1.82, 2.24) is 0 Å². The van der Waals surface area contributed by atoms with Gasteiger partial charge in [-0.15, -0.1) is 12.4 Å². The number of aliphatic hydroxyl groups excluding tert-OH is 1. The van der Waals surface area contributed by atoms with E-state index in [9.17, 15) is 0 Å². The van der Waals surface area contributed by atoms with Crippen LogP contribution in [0.4, 0.5) is 0 Å². The standard InChI is InChI=1S/C8H9ClO.ClH/c1-6(10)7-3-2-4-8(9)5-7;/h2-6,10H,1H3;1H. The second-order valence-electron chi connectivity index (χ2n) is 2.23. The fourth-order valence-corrected chi connectivity index (χ4v) is 0.965. The predicted octanol–water partition coefficient (Wildman–Crippen LogP) is 2.82. The van der Waals surface area contributed by atoms with Crippen LogP contribution in [0.1, 0.15) is 18.6 Å². The van der Waals surface area contributed by atoms with Gasteiger partial charge in [-0.3, -0.25) is 0 Å².